The second-order valence-corrected chi connectivity index (χ2v) is 6.64. The van der Waals surface area contributed by atoms with Gasteiger partial charge in [-0.2, -0.15) is 0 Å². The average molecular weight is 385 g/mol. The van der Waals surface area contributed by atoms with Gasteiger partial charge in [-0.3, -0.25) is 4.79 Å². The first-order chi connectivity index (χ1) is 13.5. The molecule has 1 atom stereocenters. The van der Waals surface area contributed by atoms with E-state index in [1.807, 2.05) is 44.2 Å². The van der Waals surface area contributed by atoms with Gasteiger partial charge in [-0.05, 0) is 35.7 Å². The maximum absolute atomic E-state index is 12.4. The molecule has 0 fully saturated rings. The molecule has 1 N–H and O–H groups in total. The molecule has 150 valence electrons. The zero-order valence-electron chi connectivity index (χ0n) is 16.5. The first kappa shape index (κ1) is 21.3. The van der Waals surface area contributed by atoms with Gasteiger partial charge in [0.2, 0.25) is 5.91 Å². The zero-order chi connectivity index (χ0) is 20.4. The molecule has 0 heterocycles. The summed E-state index contributed by atoms with van der Waals surface area (Å²) < 4.78 is 15.9. The third kappa shape index (κ3) is 6.95. The highest BCUT2D eigenvalue weighted by Gasteiger charge is 2.25. The normalized spacial score (nSPS) is 11.6. The van der Waals surface area contributed by atoms with Crippen LogP contribution in [-0.4, -0.2) is 38.2 Å². The minimum atomic E-state index is -0.697. The summed E-state index contributed by atoms with van der Waals surface area (Å²) in [6.07, 6.45) is 0.220. The van der Waals surface area contributed by atoms with Crippen LogP contribution in [0.3, 0.4) is 0 Å². The fourth-order valence-corrected chi connectivity index (χ4v) is 2.57. The molecule has 0 aliphatic rings. The van der Waals surface area contributed by atoms with Crippen LogP contribution in [0.25, 0.3) is 0 Å². The predicted molar refractivity (Wildman–Crippen MR) is 106 cm³/mol. The Hall–Kier alpha value is -3.02. The van der Waals surface area contributed by atoms with Crippen molar-refractivity contribution in [3.8, 4) is 11.5 Å². The molecule has 1 amide bonds. The van der Waals surface area contributed by atoms with Crippen LogP contribution in [0.15, 0.2) is 54.6 Å². The summed E-state index contributed by atoms with van der Waals surface area (Å²) in [6.45, 7) is 4.05. The Morgan fingerprint density at radius 1 is 0.929 bits per heavy atom. The van der Waals surface area contributed by atoms with E-state index in [0.29, 0.717) is 5.75 Å². The Morgan fingerprint density at radius 2 is 1.57 bits per heavy atom. The van der Waals surface area contributed by atoms with Crippen LogP contribution in [0, 0.1) is 5.92 Å². The summed E-state index contributed by atoms with van der Waals surface area (Å²) in [6, 6.07) is 15.8. The molecule has 0 saturated heterocycles. The molecule has 2 aromatic carbocycles. The van der Waals surface area contributed by atoms with Crippen molar-refractivity contribution in [2.45, 2.75) is 26.3 Å². The second-order valence-electron chi connectivity index (χ2n) is 6.64. The number of methoxy groups -OCH3 is 1. The van der Waals surface area contributed by atoms with Crippen LogP contribution < -0.4 is 14.8 Å². The number of nitrogens with one attached hydrogen (secondary N) is 1. The van der Waals surface area contributed by atoms with Crippen LogP contribution in [0.1, 0.15) is 19.4 Å². The van der Waals surface area contributed by atoms with Gasteiger partial charge in [-0.1, -0.05) is 44.2 Å². The maximum Gasteiger partial charge on any atom is 0.329 e. The number of esters is 1. The Morgan fingerprint density at radius 3 is 2.18 bits per heavy atom. The van der Waals surface area contributed by atoms with Gasteiger partial charge in [0, 0.05) is 0 Å². The van der Waals surface area contributed by atoms with E-state index >= 15 is 0 Å². The molecule has 28 heavy (non-hydrogen) atoms. The maximum atomic E-state index is 12.4. The minimum absolute atomic E-state index is 0.0882. The Labute approximate surface area is 165 Å². The number of rotatable bonds is 10. The number of hydrogen-bond acceptors (Lipinski definition) is 5. The lowest BCUT2D eigenvalue weighted by Crippen LogP contribution is -2.46. The van der Waals surface area contributed by atoms with E-state index in [-0.39, 0.29) is 31.5 Å². The smallest absolute Gasteiger partial charge is 0.329 e. The highest BCUT2D eigenvalue weighted by molar-refractivity contribution is 5.85. The van der Waals surface area contributed by atoms with E-state index < -0.39 is 12.0 Å². The van der Waals surface area contributed by atoms with E-state index in [9.17, 15) is 9.59 Å². The summed E-state index contributed by atoms with van der Waals surface area (Å²) >= 11 is 0. The molecule has 0 aliphatic heterocycles. The fourth-order valence-electron chi connectivity index (χ4n) is 2.57. The topological polar surface area (TPSA) is 73.9 Å². The van der Waals surface area contributed by atoms with Gasteiger partial charge < -0.3 is 19.5 Å². The number of amides is 1. The summed E-state index contributed by atoms with van der Waals surface area (Å²) in [5.74, 6) is 0.638. The largest absolute Gasteiger partial charge is 0.497 e. The lowest BCUT2D eigenvalue weighted by atomic mass is 10.0. The van der Waals surface area contributed by atoms with E-state index in [4.69, 9.17) is 14.2 Å². The molecule has 0 radical (unpaired) electrons. The van der Waals surface area contributed by atoms with Gasteiger partial charge in [0.05, 0.1) is 13.5 Å². The predicted octanol–water partition coefficient (Wildman–Crippen LogP) is 3.00. The third-order valence-corrected chi connectivity index (χ3v) is 4.10. The first-order valence-electron chi connectivity index (χ1n) is 9.26. The second kappa shape index (κ2) is 11.0. The van der Waals surface area contributed by atoms with Gasteiger partial charge in [0.1, 0.15) is 30.8 Å². The number of ether oxygens (including phenoxy) is 3. The van der Waals surface area contributed by atoms with Crippen molar-refractivity contribution in [2.75, 3.05) is 20.3 Å². The van der Waals surface area contributed by atoms with Crippen molar-refractivity contribution in [3.63, 3.8) is 0 Å². The molecule has 0 bridgehead atoms. The lowest BCUT2D eigenvalue weighted by Gasteiger charge is -2.21. The molecule has 0 unspecified atom stereocenters. The van der Waals surface area contributed by atoms with Crippen molar-refractivity contribution in [2.24, 2.45) is 5.92 Å². The minimum Gasteiger partial charge on any atom is -0.497 e. The number of carbonyl (C=O) groups excluding carboxylic acids is 2. The van der Waals surface area contributed by atoms with E-state index in [0.717, 1.165) is 11.3 Å². The Balaban J connectivity index is 1.77. The Kier molecular flexibility index (Phi) is 8.34. The molecule has 2 aromatic rings. The highest BCUT2D eigenvalue weighted by atomic mass is 16.6. The molecule has 2 rings (SSSR count). The molecular weight excluding hydrogens is 358 g/mol. The standard InChI is InChI=1S/C22H27NO5/c1-16(2)21(23-20(24)15-17-7-5-4-6-8-17)22(25)28-14-13-27-19-11-9-18(26-3)10-12-19/h4-12,16,21H,13-15H2,1-3H3,(H,23,24)/t21-/m0/s1. The van der Waals surface area contributed by atoms with Gasteiger partial charge in [0.25, 0.3) is 0 Å². The van der Waals surface area contributed by atoms with Crippen LogP contribution in [0.5, 0.6) is 11.5 Å². The van der Waals surface area contributed by atoms with Gasteiger partial charge in [-0.25, -0.2) is 4.79 Å². The molecule has 0 aliphatic carbocycles. The van der Waals surface area contributed by atoms with Crippen molar-refractivity contribution in [1.29, 1.82) is 0 Å². The summed E-state index contributed by atoms with van der Waals surface area (Å²) in [5.41, 5.74) is 0.892. The molecule has 6 nitrogen and oxygen atoms in total. The van der Waals surface area contributed by atoms with Crippen molar-refractivity contribution in [3.05, 3.63) is 60.2 Å². The Bertz CT molecular complexity index is 743. The lowest BCUT2D eigenvalue weighted by molar-refractivity contribution is -0.149. The highest BCUT2D eigenvalue weighted by Crippen LogP contribution is 2.16. The summed E-state index contributed by atoms with van der Waals surface area (Å²) in [5, 5.41) is 2.77. The molecular formula is C22H27NO5. The fraction of sp³-hybridized carbons (Fsp3) is 0.364. The monoisotopic (exact) mass is 385 g/mol. The van der Waals surface area contributed by atoms with Gasteiger partial charge in [0.15, 0.2) is 0 Å². The van der Waals surface area contributed by atoms with Crippen LogP contribution >= 0.6 is 0 Å². The van der Waals surface area contributed by atoms with Gasteiger partial charge in [-0.15, -0.1) is 0 Å². The van der Waals surface area contributed by atoms with Gasteiger partial charge >= 0.3 is 5.97 Å². The molecule has 0 saturated carbocycles. The quantitative estimate of drug-likeness (QED) is 0.503. The van der Waals surface area contributed by atoms with E-state index in [1.54, 1.807) is 31.4 Å². The summed E-state index contributed by atoms with van der Waals surface area (Å²) in [7, 11) is 1.60. The zero-order valence-corrected chi connectivity index (χ0v) is 16.5. The SMILES string of the molecule is COc1ccc(OCCOC(=O)[C@@H](NC(=O)Cc2ccccc2)C(C)C)cc1. The summed E-state index contributed by atoms with van der Waals surface area (Å²) in [4.78, 5) is 24.6. The number of hydrogen-bond donors (Lipinski definition) is 1. The average Bonchev–Trinajstić information content (AvgIpc) is 2.70. The van der Waals surface area contributed by atoms with Crippen LogP contribution in [0.4, 0.5) is 0 Å². The number of benzene rings is 2. The van der Waals surface area contributed by atoms with E-state index in [1.165, 1.54) is 0 Å². The third-order valence-electron chi connectivity index (χ3n) is 4.10. The number of carbonyl (C=O) groups is 2. The van der Waals surface area contributed by atoms with Crippen molar-refractivity contribution >= 4 is 11.9 Å². The van der Waals surface area contributed by atoms with E-state index in [2.05, 4.69) is 5.32 Å². The van der Waals surface area contributed by atoms with Crippen molar-refractivity contribution in [1.82, 2.24) is 5.32 Å². The van der Waals surface area contributed by atoms with Crippen LogP contribution in [0.2, 0.25) is 0 Å². The molecule has 6 heteroatoms. The first-order valence-corrected chi connectivity index (χ1v) is 9.26. The molecule has 0 aromatic heterocycles. The van der Waals surface area contributed by atoms with Crippen LogP contribution in [-0.2, 0) is 20.7 Å². The van der Waals surface area contributed by atoms with Crippen molar-refractivity contribution < 1.29 is 23.8 Å². The molecule has 0 spiro atoms.